The lowest BCUT2D eigenvalue weighted by Gasteiger charge is -2.20. The van der Waals surface area contributed by atoms with Gasteiger partial charge < -0.3 is 28.9 Å². The third kappa shape index (κ3) is 4.13. The van der Waals surface area contributed by atoms with Crippen LogP contribution in [0.3, 0.4) is 0 Å². The largest absolute Gasteiger partial charge is 1.00 e. The van der Waals surface area contributed by atoms with Crippen LogP contribution < -0.4 is 28.9 Å². The van der Waals surface area contributed by atoms with Crippen LogP contribution in [-0.2, 0) is 5.41 Å². The van der Waals surface area contributed by atoms with E-state index in [1.165, 1.54) is 28.2 Å². The van der Waals surface area contributed by atoms with E-state index in [2.05, 4.69) is 105 Å². The minimum Gasteiger partial charge on any atom is -1.00 e. The van der Waals surface area contributed by atoms with Gasteiger partial charge in [0.15, 0.2) is 5.71 Å². The van der Waals surface area contributed by atoms with E-state index in [1.54, 1.807) is 0 Å². The molecule has 0 bridgehead atoms. The Labute approximate surface area is 181 Å². The van der Waals surface area contributed by atoms with E-state index < -0.39 is 0 Å². The maximum Gasteiger partial charge on any atom is 0.209 e. The summed E-state index contributed by atoms with van der Waals surface area (Å²) in [7, 11) is 0. The lowest BCUT2D eigenvalue weighted by atomic mass is 9.81. The fourth-order valence-corrected chi connectivity index (χ4v) is 4.04. The molecule has 0 amide bonds. The molecule has 2 aromatic rings. The number of benzene rings is 2. The second-order valence-electron chi connectivity index (χ2n) is 7.37. The summed E-state index contributed by atoms with van der Waals surface area (Å²) in [5.41, 5.74) is 6.70. The Bertz CT molecular complexity index is 828. The van der Waals surface area contributed by atoms with E-state index in [1.807, 2.05) is 0 Å². The number of rotatable bonds is 6. The van der Waals surface area contributed by atoms with Gasteiger partial charge in [-0.2, -0.15) is 4.58 Å². The van der Waals surface area contributed by atoms with Gasteiger partial charge in [0.2, 0.25) is 5.69 Å². The summed E-state index contributed by atoms with van der Waals surface area (Å²) in [5, 5.41) is 0. The zero-order chi connectivity index (χ0) is 18.7. The van der Waals surface area contributed by atoms with Crippen molar-refractivity contribution in [3.63, 3.8) is 0 Å². The summed E-state index contributed by atoms with van der Waals surface area (Å²) >= 11 is 0. The van der Waals surface area contributed by atoms with Crippen molar-refractivity contribution >= 4 is 23.2 Å². The average Bonchev–Trinajstić information content (AvgIpc) is 2.88. The monoisotopic (exact) mass is 474 g/mol. The Morgan fingerprint density at radius 3 is 2.11 bits per heavy atom. The molecule has 2 aromatic carbocycles. The predicted molar refractivity (Wildman–Crippen MR) is 114 cm³/mol. The van der Waals surface area contributed by atoms with Crippen molar-refractivity contribution < 1.29 is 28.6 Å². The standard InChI is InChI=1S/C24H31N2.HI/c1-6-25(7-2)20-16-13-19(14-17-20)15-18-23-24(4,5)21-11-9-10-12-22(21)26(23)8-3;/h9-18H,6-8H2,1-5H3;1H/q+1;/p-1. The van der Waals surface area contributed by atoms with Crippen LogP contribution in [0, 0.1) is 0 Å². The van der Waals surface area contributed by atoms with Crippen molar-refractivity contribution in [2.75, 3.05) is 24.5 Å². The van der Waals surface area contributed by atoms with Gasteiger partial charge in [0, 0.05) is 36.5 Å². The molecule has 0 unspecified atom stereocenters. The molecule has 3 heteroatoms. The van der Waals surface area contributed by atoms with E-state index in [9.17, 15) is 0 Å². The van der Waals surface area contributed by atoms with Crippen LogP contribution in [0.2, 0.25) is 0 Å². The molecule has 0 saturated heterocycles. The van der Waals surface area contributed by atoms with Crippen LogP contribution in [0.25, 0.3) is 6.08 Å². The molecule has 0 aliphatic carbocycles. The molecule has 0 fully saturated rings. The van der Waals surface area contributed by atoms with E-state index in [0.717, 1.165) is 19.6 Å². The maximum atomic E-state index is 2.44. The van der Waals surface area contributed by atoms with Gasteiger partial charge in [0.05, 0.1) is 5.41 Å². The van der Waals surface area contributed by atoms with Crippen LogP contribution in [0.15, 0.2) is 54.6 Å². The lowest BCUT2D eigenvalue weighted by Crippen LogP contribution is -3.00. The molecule has 1 aliphatic heterocycles. The zero-order valence-electron chi connectivity index (χ0n) is 17.2. The zero-order valence-corrected chi connectivity index (χ0v) is 19.3. The van der Waals surface area contributed by atoms with E-state index in [4.69, 9.17) is 0 Å². The molecular weight excluding hydrogens is 443 g/mol. The number of nitrogens with zero attached hydrogens (tertiary/aromatic N) is 2. The second kappa shape index (κ2) is 9.05. The fraction of sp³-hybridized carbons (Fsp3) is 0.375. The fourth-order valence-electron chi connectivity index (χ4n) is 4.04. The van der Waals surface area contributed by atoms with Crippen molar-refractivity contribution in [3.8, 4) is 0 Å². The van der Waals surface area contributed by atoms with Crippen molar-refractivity contribution in [2.24, 2.45) is 0 Å². The Kier molecular flexibility index (Phi) is 7.26. The third-order valence-electron chi connectivity index (χ3n) is 5.57. The van der Waals surface area contributed by atoms with Gasteiger partial charge in [-0.05, 0) is 58.4 Å². The first-order chi connectivity index (χ1) is 12.5. The summed E-state index contributed by atoms with van der Waals surface area (Å²) in [6.07, 6.45) is 4.55. The highest BCUT2D eigenvalue weighted by molar-refractivity contribution is 6.05. The Morgan fingerprint density at radius 2 is 1.52 bits per heavy atom. The number of hydrogen-bond acceptors (Lipinski definition) is 1. The first-order valence-electron chi connectivity index (χ1n) is 9.80. The summed E-state index contributed by atoms with van der Waals surface area (Å²) in [6, 6.07) is 17.7. The molecular formula is C24H31IN2. The smallest absolute Gasteiger partial charge is 0.209 e. The Morgan fingerprint density at radius 1 is 0.889 bits per heavy atom. The lowest BCUT2D eigenvalue weighted by molar-refractivity contribution is -0.433. The molecule has 27 heavy (non-hydrogen) atoms. The second-order valence-corrected chi connectivity index (χ2v) is 7.37. The highest BCUT2D eigenvalue weighted by Gasteiger charge is 2.43. The quantitative estimate of drug-likeness (QED) is 0.461. The molecule has 1 heterocycles. The number of halogens is 1. The third-order valence-corrected chi connectivity index (χ3v) is 5.57. The maximum absolute atomic E-state index is 2.44. The van der Waals surface area contributed by atoms with Gasteiger partial charge in [-0.15, -0.1) is 0 Å². The number of fused-ring (bicyclic) bond motifs is 1. The molecule has 0 N–H and O–H groups in total. The number of para-hydroxylation sites is 1. The molecule has 3 rings (SSSR count). The summed E-state index contributed by atoms with van der Waals surface area (Å²) in [6.45, 7) is 14.4. The normalized spacial score (nSPS) is 15.0. The van der Waals surface area contributed by atoms with Crippen molar-refractivity contribution in [2.45, 2.75) is 40.0 Å². The van der Waals surface area contributed by atoms with Crippen molar-refractivity contribution in [1.29, 1.82) is 0 Å². The van der Waals surface area contributed by atoms with Gasteiger partial charge in [-0.1, -0.05) is 30.3 Å². The van der Waals surface area contributed by atoms with E-state index in [0.29, 0.717) is 0 Å². The van der Waals surface area contributed by atoms with Gasteiger partial charge in [0.25, 0.3) is 0 Å². The number of hydrogen-bond donors (Lipinski definition) is 0. The molecule has 144 valence electrons. The Balaban J connectivity index is 0.00000261. The Hall–Kier alpha value is -1.62. The van der Waals surface area contributed by atoms with E-state index in [-0.39, 0.29) is 29.4 Å². The SMILES string of the molecule is CCN(CC)c1ccc(C=CC2=[N+](CC)c3ccccc3C2(C)C)cc1.[I-]. The molecule has 0 aromatic heterocycles. The summed E-state index contributed by atoms with van der Waals surface area (Å²) < 4.78 is 2.44. The van der Waals surface area contributed by atoms with Crippen LogP contribution in [0.5, 0.6) is 0 Å². The molecule has 0 spiro atoms. The average molecular weight is 474 g/mol. The van der Waals surface area contributed by atoms with Gasteiger partial charge >= 0.3 is 0 Å². The van der Waals surface area contributed by atoms with Crippen LogP contribution >= 0.6 is 0 Å². The highest BCUT2D eigenvalue weighted by atomic mass is 127. The molecule has 1 aliphatic rings. The van der Waals surface area contributed by atoms with E-state index >= 15 is 0 Å². The van der Waals surface area contributed by atoms with Gasteiger partial charge in [-0.3, -0.25) is 0 Å². The first-order valence-corrected chi connectivity index (χ1v) is 9.80. The minimum atomic E-state index is 0. The highest BCUT2D eigenvalue weighted by Crippen LogP contribution is 2.39. The molecule has 2 nitrogen and oxygen atoms in total. The summed E-state index contributed by atoms with van der Waals surface area (Å²) in [5.74, 6) is 0. The number of allylic oxidation sites excluding steroid dienone is 1. The van der Waals surface area contributed by atoms with Crippen LogP contribution in [0.4, 0.5) is 11.4 Å². The van der Waals surface area contributed by atoms with Crippen molar-refractivity contribution in [3.05, 3.63) is 65.7 Å². The van der Waals surface area contributed by atoms with Crippen LogP contribution in [0.1, 0.15) is 45.7 Å². The van der Waals surface area contributed by atoms with Crippen LogP contribution in [-0.4, -0.2) is 29.9 Å². The minimum absolute atomic E-state index is 0. The number of anilines is 1. The topological polar surface area (TPSA) is 6.25 Å². The predicted octanol–water partition coefficient (Wildman–Crippen LogP) is 2.65. The van der Waals surface area contributed by atoms with Gasteiger partial charge in [-0.25, -0.2) is 0 Å². The molecule has 0 atom stereocenters. The van der Waals surface area contributed by atoms with Gasteiger partial charge in [0.1, 0.15) is 6.54 Å². The molecule has 0 radical (unpaired) electrons. The summed E-state index contributed by atoms with van der Waals surface area (Å²) in [4.78, 5) is 2.37. The first kappa shape index (κ1) is 21.7. The molecule has 0 saturated carbocycles. The van der Waals surface area contributed by atoms with Crippen molar-refractivity contribution in [1.82, 2.24) is 0 Å².